The molecule has 1 heterocycles. The highest BCUT2D eigenvalue weighted by Crippen LogP contribution is 2.32. The maximum Gasteiger partial charge on any atom is 0.159 e. The number of hydrogen-bond acceptors (Lipinski definition) is 4. The van der Waals surface area contributed by atoms with Crippen molar-refractivity contribution >= 4 is 16.6 Å². The Labute approximate surface area is 119 Å². The Morgan fingerprint density at radius 3 is 2.50 bits per heavy atom. The van der Waals surface area contributed by atoms with Crippen molar-refractivity contribution in [3.63, 3.8) is 0 Å². The van der Waals surface area contributed by atoms with Gasteiger partial charge in [-0.15, -0.1) is 5.10 Å². The number of anilines is 1. The van der Waals surface area contributed by atoms with Gasteiger partial charge in [0.1, 0.15) is 0 Å². The Bertz CT molecular complexity index is 620. The molecular weight excluding hydrogens is 250 g/mol. The number of likely N-dealkylation sites (N-methyl/N-ethyl adjacent to an activating group) is 1. The molecule has 1 aromatic heterocycles. The molecule has 1 aromatic carbocycles. The molecular formula is C16H21N3O. The normalized spacial score (nSPS) is 17.6. The number of aliphatic hydroxyl groups is 1. The quantitative estimate of drug-likeness (QED) is 0.932. The lowest BCUT2D eigenvalue weighted by molar-refractivity contribution is 0.0558. The number of nitrogens with zero attached hydrogens (tertiary/aromatic N) is 3. The molecule has 0 atom stereocenters. The van der Waals surface area contributed by atoms with E-state index in [0.717, 1.165) is 48.0 Å². The first-order valence-electron chi connectivity index (χ1n) is 7.25. The van der Waals surface area contributed by atoms with Gasteiger partial charge in [-0.05, 0) is 19.8 Å². The van der Waals surface area contributed by atoms with Crippen LogP contribution < -0.4 is 4.90 Å². The SMILES string of the molecule is Cc1nnc(N(C)CC2(O)CCCC2)c2ccccc12. The molecule has 0 amide bonds. The molecule has 2 aromatic rings. The summed E-state index contributed by atoms with van der Waals surface area (Å²) in [5, 5.41) is 21.4. The number of benzene rings is 1. The predicted octanol–water partition coefficient (Wildman–Crippen LogP) is 2.68. The first-order valence-corrected chi connectivity index (χ1v) is 7.25. The van der Waals surface area contributed by atoms with Crippen molar-refractivity contribution in [2.75, 3.05) is 18.5 Å². The molecule has 0 bridgehead atoms. The molecule has 0 spiro atoms. The lowest BCUT2D eigenvalue weighted by Gasteiger charge is -2.29. The topological polar surface area (TPSA) is 49.2 Å². The third kappa shape index (κ3) is 2.36. The summed E-state index contributed by atoms with van der Waals surface area (Å²) in [6, 6.07) is 8.18. The van der Waals surface area contributed by atoms with Crippen LogP contribution in [0.2, 0.25) is 0 Å². The minimum atomic E-state index is -0.567. The van der Waals surface area contributed by atoms with E-state index >= 15 is 0 Å². The van der Waals surface area contributed by atoms with Crippen LogP contribution in [-0.2, 0) is 0 Å². The molecule has 4 heteroatoms. The number of rotatable bonds is 3. The summed E-state index contributed by atoms with van der Waals surface area (Å²) in [7, 11) is 1.99. The average Bonchev–Trinajstić information content (AvgIpc) is 2.86. The van der Waals surface area contributed by atoms with Gasteiger partial charge in [-0.25, -0.2) is 0 Å². The minimum absolute atomic E-state index is 0.567. The van der Waals surface area contributed by atoms with Crippen molar-refractivity contribution < 1.29 is 5.11 Å². The van der Waals surface area contributed by atoms with Crippen molar-refractivity contribution in [1.29, 1.82) is 0 Å². The first-order chi connectivity index (χ1) is 9.59. The summed E-state index contributed by atoms with van der Waals surface area (Å²) in [4.78, 5) is 2.04. The largest absolute Gasteiger partial charge is 0.388 e. The van der Waals surface area contributed by atoms with Gasteiger partial charge in [0.05, 0.1) is 11.3 Å². The summed E-state index contributed by atoms with van der Waals surface area (Å²) in [5.74, 6) is 0.853. The highest BCUT2D eigenvalue weighted by Gasteiger charge is 2.33. The molecule has 20 heavy (non-hydrogen) atoms. The standard InChI is InChI=1S/C16H21N3O/c1-12-13-7-3-4-8-14(13)15(18-17-12)19(2)11-16(20)9-5-6-10-16/h3-4,7-8,20H,5-6,9-11H2,1-2H3. The van der Waals surface area contributed by atoms with Gasteiger partial charge in [0.2, 0.25) is 0 Å². The second-order valence-electron chi connectivity index (χ2n) is 5.94. The first kappa shape index (κ1) is 13.3. The van der Waals surface area contributed by atoms with Crippen LogP contribution in [0, 0.1) is 6.92 Å². The summed E-state index contributed by atoms with van der Waals surface area (Å²) in [6.45, 7) is 2.60. The molecule has 0 radical (unpaired) electrons. The van der Waals surface area contributed by atoms with Crippen molar-refractivity contribution in [3.05, 3.63) is 30.0 Å². The molecule has 1 aliphatic carbocycles. The van der Waals surface area contributed by atoms with E-state index in [1.165, 1.54) is 0 Å². The maximum absolute atomic E-state index is 10.6. The van der Waals surface area contributed by atoms with Crippen molar-refractivity contribution in [2.45, 2.75) is 38.2 Å². The van der Waals surface area contributed by atoms with Crippen LogP contribution in [0.3, 0.4) is 0 Å². The number of fused-ring (bicyclic) bond motifs is 1. The lowest BCUT2D eigenvalue weighted by atomic mass is 10.0. The molecule has 0 aliphatic heterocycles. The van der Waals surface area contributed by atoms with E-state index in [-0.39, 0.29) is 0 Å². The van der Waals surface area contributed by atoms with E-state index in [1.807, 2.05) is 31.0 Å². The van der Waals surface area contributed by atoms with Crippen LogP contribution in [-0.4, -0.2) is 34.5 Å². The van der Waals surface area contributed by atoms with E-state index in [4.69, 9.17) is 0 Å². The summed E-state index contributed by atoms with van der Waals surface area (Å²) in [6.07, 6.45) is 4.00. The highest BCUT2D eigenvalue weighted by molar-refractivity contribution is 5.93. The monoisotopic (exact) mass is 271 g/mol. The fourth-order valence-electron chi connectivity index (χ4n) is 3.21. The second kappa shape index (κ2) is 5.02. The van der Waals surface area contributed by atoms with Gasteiger partial charge in [0.25, 0.3) is 0 Å². The molecule has 1 fully saturated rings. The van der Waals surface area contributed by atoms with E-state index in [2.05, 4.69) is 22.3 Å². The van der Waals surface area contributed by atoms with Crippen LogP contribution in [0.25, 0.3) is 10.8 Å². The third-order valence-corrected chi connectivity index (χ3v) is 4.28. The lowest BCUT2D eigenvalue weighted by Crippen LogP contribution is -2.39. The smallest absolute Gasteiger partial charge is 0.159 e. The fraction of sp³-hybridized carbons (Fsp3) is 0.500. The maximum atomic E-state index is 10.6. The van der Waals surface area contributed by atoms with Gasteiger partial charge in [-0.3, -0.25) is 0 Å². The van der Waals surface area contributed by atoms with E-state index in [0.29, 0.717) is 6.54 Å². The van der Waals surface area contributed by atoms with Gasteiger partial charge in [-0.1, -0.05) is 37.1 Å². The fourth-order valence-corrected chi connectivity index (χ4v) is 3.21. The Morgan fingerprint density at radius 1 is 1.15 bits per heavy atom. The zero-order valence-electron chi connectivity index (χ0n) is 12.1. The summed E-state index contributed by atoms with van der Waals surface area (Å²) in [5.41, 5.74) is 0.375. The number of aryl methyl sites for hydroxylation is 1. The predicted molar refractivity (Wildman–Crippen MR) is 81.0 cm³/mol. The Hall–Kier alpha value is -1.68. The van der Waals surface area contributed by atoms with Gasteiger partial charge < -0.3 is 10.0 Å². The second-order valence-corrected chi connectivity index (χ2v) is 5.94. The molecule has 0 unspecified atom stereocenters. The zero-order valence-corrected chi connectivity index (χ0v) is 12.1. The van der Waals surface area contributed by atoms with E-state index in [9.17, 15) is 5.11 Å². The summed E-state index contributed by atoms with van der Waals surface area (Å²) >= 11 is 0. The van der Waals surface area contributed by atoms with Crippen LogP contribution in [0.15, 0.2) is 24.3 Å². The Kier molecular flexibility index (Phi) is 3.34. The van der Waals surface area contributed by atoms with Crippen molar-refractivity contribution in [3.8, 4) is 0 Å². The molecule has 1 saturated carbocycles. The van der Waals surface area contributed by atoms with Gasteiger partial charge in [0.15, 0.2) is 5.82 Å². The van der Waals surface area contributed by atoms with Crippen LogP contribution in [0.1, 0.15) is 31.4 Å². The van der Waals surface area contributed by atoms with Crippen molar-refractivity contribution in [1.82, 2.24) is 10.2 Å². The minimum Gasteiger partial charge on any atom is -0.388 e. The van der Waals surface area contributed by atoms with E-state index < -0.39 is 5.60 Å². The molecule has 0 saturated heterocycles. The van der Waals surface area contributed by atoms with Crippen LogP contribution >= 0.6 is 0 Å². The highest BCUT2D eigenvalue weighted by atomic mass is 16.3. The Morgan fingerprint density at radius 2 is 1.80 bits per heavy atom. The van der Waals surface area contributed by atoms with Crippen LogP contribution in [0.4, 0.5) is 5.82 Å². The molecule has 3 rings (SSSR count). The molecule has 1 N–H and O–H groups in total. The summed E-state index contributed by atoms with van der Waals surface area (Å²) < 4.78 is 0. The van der Waals surface area contributed by atoms with Crippen molar-refractivity contribution in [2.24, 2.45) is 0 Å². The molecule has 106 valence electrons. The third-order valence-electron chi connectivity index (χ3n) is 4.28. The zero-order chi connectivity index (χ0) is 14.2. The van der Waals surface area contributed by atoms with Gasteiger partial charge >= 0.3 is 0 Å². The molecule has 1 aliphatic rings. The van der Waals surface area contributed by atoms with Gasteiger partial charge in [0, 0.05) is 24.4 Å². The molecule has 4 nitrogen and oxygen atoms in total. The van der Waals surface area contributed by atoms with Crippen LogP contribution in [0.5, 0.6) is 0 Å². The average molecular weight is 271 g/mol. The number of hydrogen-bond donors (Lipinski definition) is 1. The van der Waals surface area contributed by atoms with E-state index in [1.54, 1.807) is 0 Å². The Balaban J connectivity index is 1.95. The number of aromatic nitrogens is 2. The van der Waals surface area contributed by atoms with Gasteiger partial charge in [-0.2, -0.15) is 5.10 Å².